The number of carbonyl (C=O) groups is 1. The van der Waals surface area contributed by atoms with Gasteiger partial charge in [-0.15, -0.1) is 0 Å². The highest BCUT2D eigenvalue weighted by molar-refractivity contribution is 9.09. The van der Waals surface area contributed by atoms with Crippen molar-refractivity contribution in [3.8, 4) is 0 Å². The maximum Gasteiger partial charge on any atom is 0.285 e. The summed E-state index contributed by atoms with van der Waals surface area (Å²) in [4.78, 5) is 21.6. The largest absolute Gasteiger partial charge is 0.349 e. The number of nitrogens with one attached hydrogen (secondary N) is 1. The number of hydrogen-bond acceptors (Lipinski definition) is 3. The third-order valence-corrected chi connectivity index (χ3v) is 2.98. The van der Waals surface area contributed by atoms with E-state index in [2.05, 4.69) is 21.2 Å². The molecule has 0 radical (unpaired) electrons. The molecule has 1 aromatic rings. The fourth-order valence-corrected chi connectivity index (χ4v) is 1.35. The number of hydrogen-bond donors (Lipinski definition) is 1. The first-order valence-corrected chi connectivity index (χ1v) is 5.88. The van der Waals surface area contributed by atoms with Crippen LogP contribution in [0.4, 0.5) is 10.1 Å². The van der Waals surface area contributed by atoms with E-state index in [0.717, 1.165) is 18.2 Å². The normalized spacial score (nSPS) is 11.9. The molecule has 0 aromatic heterocycles. The van der Waals surface area contributed by atoms with Gasteiger partial charge in [0, 0.05) is 11.4 Å². The molecule has 0 fully saturated rings. The monoisotopic (exact) mass is 304 g/mol. The van der Waals surface area contributed by atoms with Gasteiger partial charge in [-0.1, -0.05) is 15.9 Å². The van der Waals surface area contributed by atoms with Gasteiger partial charge in [0.05, 0.1) is 11.0 Å². The molecule has 5 nitrogen and oxygen atoms in total. The Balaban J connectivity index is 3.04. The van der Waals surface area contributed by atoms with Gasteiger partial charge >= 0.3 is 0 Å². The van der Waals surface area contributed by atoms with Crippen LogP contribution >= 0.6 is 15.9 Å². The molecule has 0 bridgehead atoms. The number of benzene rings is 1. The Bertz CT molecular complexity index is 453. The van der Waals surface area contributed by atoms with Crippen LogP contribution < -0.4 is 5.32 Å². The maximum atomic E-state index is 12.9. The summed E-state index contributed by atoms with van der Waals surface area (Å²) < 4.78 is 12.9. The number of carbonyl (C=O) groups excluding carboxylic acids is 1. The molecule has 0 aliphatic carbocycles. The van der Waals surface area contributed by atoms with Crippen LogP contribution in [0, 0.1) is 15.9 Å². The minimum Gasteiger partial charge on any atom is -0.349 e. The zero-order chi connectivity index (χ0) is 13.0. The van der Waals surface area contributed by atoms with Gasteiger partial charge in [-0.25, -0.2) is 4.39 Å². The molecule has 0 saturated heterocycles. The van der Waals surface area contributed by atoms with Crippen LogP contribution in [0.3, 0.4) is 0 Å². The standard InChI is InChI=1S/C10H10BrFN2O3/c1-6(5-11)13-10(15)8-3-2-7(12)4-9(8)14(16)17/h2-4,6H,5H2,1H3,(H,13,15). The lowest BCUT2D eigenvalue weighted by Gasteiger charge is -2.10. The van der Waals surface area contributed by atoms with Crippen LogP contribution in [0.15, 0.2) is 18.2 Å². The van der Waals surface area contributed by atoms with E-state index >= 15 is 0 Å². The third-order valence-electron chi connectivity index (χ3n) is 2.01. The lowest BCUT2D eigenvalue weighted by Crippen LogP contribution is -2.33. The van der Waals surface area contributed by atoms with E-state index in [-0.39, 0.29) is 11.6 Å². The van der Waals surface area contributed by atoms with Crippen molar-refractivity contribution >= 4 is 27.5 Å². The van der Waals surface area contributed by atoms with Gasteiger partial charge in [-0.3, -0.25) is 14.9 Å². The summed E-state index contributed by atoms with van der Waals surface area (Å²) in [6.07, 6.45) is 0. The molecular weight excluding hydrogens is 295 g/mol. The second-order valence-electron chi connectivity index (χ2n) is 3.45. The Morgan fingerprint density at radius 1 is 1.65 bits per heavy atom. The van der Waals surface area contributed by atoms with Gasteiger partial charge in [-0.05, 0) is 19.1 Å². The average Bonchev–Trinajstić information content (AvgIpc) is 2.28. The van der Waals surface area contributed by atoms with E-state index in [1.807, 2.05) is 0 Å². The van der Waals surface area contributed by atoms with E-state index in [0.29, 0.717) is 5.33 Å². The number of rotatable bonds is 4. The van der Waals surface area contributed by atoms with Crippen molar-refractivity contribution in [2.24, 2.45) is 0 Å². The Morgan fingerprint density at radius 3 is 2.82 bits per heavy atom. The smallest absolute Gasteiger partial charge is 0.285 e. The summed E-state index contributed by atoms with van der Waals surface area (Å²) in [5.41, 5.74) is -0.687. The molecule has 1 aromatic carbocycles. The van der Waals surface area contributed by atoms with Gasteiger partial charge in [-0.2, -0.15) is 0 Å². The number of halogens is 2. The first-order valence-electron chi connectivity index (χ1n) is 4.76. The highest BCUT2D eigenvalue weighted by Gasteiger charge is 2.21. The molecule has 1 unspecified atom stereocenters. The Morgan fingerprint density at radius 2 is 2.29 bits per heavy atom. The second-order valence-corrected chi connectivity index (χ2v) is 4.09. The van der Waals surface area contributed by atoms with Gasteiger partial charge < -0.3 is 5.32 Å². The molecule has 0 aliphatic rings. The molecule has 1 atom stereocenters. The summed E-state index contributed by atoms with van der Waals surface area (Å²) in [6, 6.07) is 2.67. The molecule has 1 N–H and O–H groups in total. The molecule has 1 rings (SSSR count). The van der Waals surface area contributed by atoms with E-state index < -0.39 is 22.3 Å². The number of nitro benzene ring substituents is 1. The molecule has 0 heterocycles. The predicted molar refractivity (Wildman–Crippen MR) is 63.8 cm³/mol. The highest BCUT2D eigenvalue weighted by atomic mass is 79.9. The zero-order valence-electron chi connectivity index (χ0n) is 8.94. The summed E-state index contributed by atoms with van der Waals surface area (Å²) in [7, 11) is 0. The van der Waals surface area contributed by atoms with Gasteiger partial charge in [0.2, 0.25) is 0 Å². The van der Waals surface area contributed by atoms with Crippen LogP contribution in [0.1, 0.15) is 17.3 Å². The van der Waals surface area contributed by atoms with Crippen LogP contribution in [-0.4, -0.2) is 22.2 Å². The molecule has 92 valence electrons. The molecule has 0 aliphatic heterocycles. The van der Waals surface area contributed by atoms with Gasteiger partial charge in [0.1, 0.15) is 11.4 Å². The van der Waals surface area contributed by atoms with E-state index in [1.165, 1.54) is 0 Å². The van der Waals surface area contributed by atoms with Crippen molar-refractivity contribution in [1.82, 2.24) is 5.32 Å². The Labute approximate surface area is 105 Å². The second kappa shape index (κ2) is 5.72. The number of nitrogens with zero attached hydrogens (tertiary/aromatic N) is 1. The Hall–Kier alpha value is -1.50. The lowest BCUT2D eigenvalue weighted by atomic mass is 10.1. The average molecular weight is 305 g/mol. The molecular formula is C10H10BrFN2O3. The fraction of sp³-hybridized carbons (Fsp3) is 0.300. The highest BCUT2D eigenvalue weighted by Crippen LogP contribution is 2.19. The van der Waals surface area contributed by atoms with Crippen molar-refractivity contribution in [2.45, 2.75) is 13.0 Å². The number of alkyl halides is 1. The van der Waals surface area contributed by atoms with Crippen LogP contribution in [-0.2, 0) is 0 Å². The van der Waals surface area contributed by atoms with Crippen molar-refractivity contribution in [1.29, 1.82) is 0 Å². The first-order chi connectivity index (χ1) is 7.95. The van der Waals surface area contributed by atoms with Crippen molar-refractivity contribution in [2.75, 3.05) is 5.33 Å². The zero-order valence-corrected chi connectivity index (χ0v) is 10.5. The van der Waals surface area contributed by atoms with Crippen LogP contribution in [0.5, 0.6) is 0 Å². The molecule has 0 saturated carbocycles. The van der Waals surface area contributed by atoms with E-state index in [9.17, 15) is 19.3 Å². The molecule has 17 heavy (non-hydrogen) atoms. The molecule has 7 heteroatoms. The predicted octanol–water partition coefficient (Wildman–Crippen LogP) is 2.25. The van der Waals surface area contributed by atoms with E-state index in [4.69, 9.17) is 0 Å². The van der Waals surface area contributed by atoms with Crippen molar-refractivity contribution in [3.05, 3.63) is 39.7 Å². The van der Waals surface area contributed by atoms with E-state index in [1.54, 1.807) is 6.92 Å². The Kier molecular flexibility index (Phi) is 4.56. The fourth-order valence-electron chi connectivity index (χ4n) is 1.19. The SMILES string of the molecule is CC(CBr)NC(=O)c1ccc(F)cc1[N+](=O)[O-]. The minimum absolute atomic E-state index is 0.149. The lowest BCUT2D eigenvalue weighted by molar-refractivity contribution is -0.385. The molecule has 0 spiro atoms. The third kappa shape index (κ3) is 3.48. The van der Waals surface area contributed by atoms with Gasteiger partial charge in [0.15, 0.2) is 0 Å². The summed E-state index contributed by atoms with van der Waals surface area (Å²) in [5.74, 6) is -1.34. The first kappa shape index (κ1) is 13.6. The topological polar surface area (TPSA) is 72.2 Å². The summed E-state index contributed by atoms with van der Waals surface area (Å²) >= 11 is 3.17. The summed E-state index contributed by atoms with van der Waals surface area (Å²) in [5, 5.41) is 13.8. The van der Waals surface area contributed by atoms with Crippen LogP contribution in [0.25, 0.3) is 0 Å². The quantitative estimate of drug-likeness (QED) is 0.527. The molecule has 1 amide bonds. The number of amides is 1. The minimum atomic E-state index is -0.781. The van der Waals surface area contributed by atoms with Crippen LogP contribution in [0.2, 0.25) is 0 Å². The number of nitro groups is 1. The summed E-state index contributed by atoms with van der Waals surface area (Å²) in [6.45, 7) is 1.74. The maximum absolute atomic E-state index is 12.9. The van der Waals surface area contributed by atoms with Crippen molar-refractivity contribution < 1.29 is 14.1 Å². The van der Waals surface area contributed by atoms with Crippen molar-refractivity contribution in [3.63, 3.8) is 0 Å². The van der Waals surface area contributed by atoms with Gasteiger partial charge in [0.25, 0.3) is 11.6 Å².